The van der Waals surface area contributed by atoms with Crippen molar-refractivity contribution in [3.63, 3.8) is 0 Å². The first-order valence-corrected chi connectivity index (χ1v) is 6.86. The Morgan fingerprint density at radius 2 is 1.80 bits per heavy atom. The van der Waals surface area contributed by atoms with Gasteiger partial charge in [0, 0.05) is 21.3 Å². The Morgan fingerprint density at radius 3 is 2.45 bits per heavy atom. The van der Waals surface area contributed by atoms with Gasteiger partial charge in [0.25, 0.3) is 5.91 Å². The second-order valence-electron chi connectivity index (χ2n) is 5.68. The zero-order valence-electron chi connectivity index (χ0n) is 11.9. The minimum Gasteiger partial charge on any atom is -0.483 e. The largest absolute Gasteiger partial charge is 0.483 e. The number of carbonyl (C=O) groups is 1. The van der Waals surface area contributed by atoms with Crippen LogP contribution in [0, 0.1) is 0 Å². The SMILES string of the molecule is CC(C)(C)NC(=O)COc1ccc(Cl)c2ccccc12. The fraction of sp³-hybridized carbons (Fsp3) is 0.312. The number of fused-ring (bicyclic) bond motifs is 1. The predicted octanol–water partition coefficient (Wildman–Crippen LogP) is 3.79. The van der Waals surface area contributed by atoms with Gasteiger partial charge in [-0.1, -0.05) is 35.9 Å². The lowest BCUT2D eigenvalue weighted by atomic mass is 10.1. The van der Waals surface area contributed by atoms with Gasteiger partial charge in [0.1, 0.15) is 5.75 Å². The number of nitrogens with one attached hydrogen (secondary N) is 1. The van der Waals surface area contributed by atoms with Crippen molar-refractivity contribution in [3.05, 3.63) is 41.4 Å². The highest BCUT2D eigenvalue weighted by molar-refractivity contribution is 6.35. The number of halogens is 1. The van der Waals surface area contributed by atoms with Crippen LogP contribution in [-0.2, 0) is 4.79 Å². The van der Waals surface area contributed by atoms with Gasteiger partial charge in [0.05, 0.1) is 0 Å². The first-order chi connectivity index (χ1) is 9.37. The number of amides is 1. The van der Waals surface area contributed by atoms with Gasteiger partial charge in [-0.3, -0.25) is 4.79 Å². The molecule has 0 bridgehead atoms. The molecule has 2 rings (SSSR count). The lowest BCUT2D eigenvalue weighted by molar-refractivity contribution is -0.124. The lowest BCUT2D eigenvalue weighted by Crippen LogP contribution is -2.43. The number of hydrogen-bond acceptors (Lipinski definition) is 2. The maximum absolute atomic E-state index is 11.8. The molecule has 0 saturated heterocycles. The van der Waals surface area contributed by atoms with E-state index < -0.39 is 0 Å². The third-order valence-corrected chi connectivity index (χ3v) is 3.03. The average Bonchev–Trinajstić information content (AvgIpc) is 2.36. The highest BCUT2D eigenvalue weighted by atomic mass is 35.5. The molecule has 0 saturated carbocycles. The summed E-state index contributed by atoms with van der Waals surface area (Å²) in [5.74, 6) is 0.519. The topological polar surface area (TPSA) is 38.3 Å². The van der Waals surface area contributed by atoms with Crippen LogP contribution >= 0.6 is 11.6 Å². The Labute approximate surface area is 123 Å². The molecule has 0 aliphatic carbocycles. The van der Waals surface area contributed by atoms with Crippen LogP contribution in [0.3, 0.4) is 0 Å². The van der Waals surface area contributed by atoms with E-state index in [0.29, 0.717) is 10.8 Å². The summed E-state index contributed by atoms with van der Waals surface area (Å²) < 4.78 is 5.61. The van der Waals surface area contributed by atoms with E-state index >= 15 is 0 Å². The standard InChI is InChI=1S/C16H18ClNO2/c1-16(2,3)18-15(19)10-20-14-9-8-13(17)11-6-4-5-7-12(11)14/h4-9H,10H2,1-3H3,(H,18,19). The summed E-state index contributed by atoms with van der Waals surface area (Å²) in [5, 5.41) is 5.36. The molecule has 1 amide bonds. The van der Waals surface area contributed by atoms with Crippen LogP contribution in [0.25, 0.3) is 10.8 Å². The van der Waals surface area contributed by atoms with Gasteiger partial charge in [-0.05, 0) is 32.9 Å². The highest BCUT2D eigenvalue weighted by Gasteiger charge is 2.14. The summed E-state index contributed by atoms with van der Waals surface area (Å²) >= 11 is 6.14. The molecule has 0 fully saturated rings. The average molecular weight is 292 g/mol. The first kappa shape index (κ1) is 14.7. The van der Waals surface area contributed by atoms with Crippen molar-refractivity contribution in [1.29, 1.82) is 0 Å². The number of rotatable bonds is 3. The molecule has 0 aliphatic rings. The van der Waals surface area contributed by atoms with Crippen molar-refractivity contribution in [3.8, 4) is 5.75 Å². The van der Waals surface area contributed by atoms with Crippen LogP contribution < -0.4 is 10.1 Å². The van der Waals surface area contributed by atoms with E-state index in [-0.39, 0.29) is 18.1 Å². The molecule has 0 atom stereocenters. The molecule has 0 spiro atoms. The van der Waals surface area contributed by atoms with E-state index in [0.717, 1.165) is 10.8 Å². The van der Waals surface area contributed by atoms with Crippen molar-refractivity contribution < 1.29 is 9.53 Å². The third kappa shape index (κ3) is 3.64. The van der Waals surface area contributed by atoms with E-state index in [2.05, 4.69) is 5.32 Å². The third-order valence-electron chi connectivity index (χ3n) is 2.70. The number of benzene rings is 2. The Balaban J connectivity index is 2.15. The maximum Gasteiger partial charge on any atom is 0.258 e. The molecule has 0 unspecified atom stereocenters. The normalized spacial score (nSPS) is 11.4. The Kier molecular flexibility index (Phi) is 4.19. The molecule has 0 heterocycles. The Morgan fingerprint density at radius 1 is 1.15 bits per heavy atom. The minimum atomic E-state index is -0.261. The van der Waals surface area contributed by atoms with Crippen molar-refractivity contribution >= 4 is 28.3 Å². The number of hydrogen-bond donors (Lipinski definition) is 1. The first-order valence-electron chi connectivity index (χ1n) is 6.48. The van der Waals surface area contributed by atoms with Gasteiger partial charge < -0.3 is 10.1 Å². The van der Waals surface area contributed by atoms with Gasteiger partial charge in [-0.15, -0.1) is 0 Å². The highest BCUT2D eigenvalue weighted by Crippen LogP contribution is 2.31. The molecule has 2 aromatic carbocycles. The van der Waals surface area contributed by atoms with Crippen LogP contribution in [0.15, 0.2) is 36.4 Å². The van der Waals surface area contributed by atoms with Crippen molar-refractivity contribution in [2.45, 2.75) is 26.3 Å². The molecule has 20 heavy (non-hydrogen) atoms. The molecule has 1 N–H and O–H groups in total. The second-order valence-corrected chi connectivity index (χ2v) is 6.09. The van der Waals surface area contributed by atoms with E-state index in [1.54, 1.807) is 12.1 Å². The predicted molar refractivity (Wildman–Crippen MR) is 82.3 cm³/mol. The van der Waals surface area contributed by atoms with Gasteiger partial charge in [0.2, 0.25) is 0 Å². The summed E-state index contributed by atoms with van der Waals surface area (Å²) in [6, 6.07) is 11.3. The van der Waals surface area contributed by atoms with Crippen LogP contribution in [0.2, 0.25) is 5.02 Å². The lowest BCUT2D eigenvalue weighted by Gasteiger charge is -2.20. The van der Waals surface area contributed by atoms with Crippen LogP contribution in [0.4, 0.5) is 0 Å². The van der Waals surface area contributed by atoms with E-state index in [9.17, 15) is 4.79 Å². The molecule has 0 radical (unpaired) electrons. The molecule has 2 aromatic rings. The van der Waals surface area contributed by atoms with Crippen LogP contribution in [0.5, 0.6) is 5.75 Å². The van der Waals surface area contributed by atoms with Gasteiger partial charge in [-0.2, -0.15) is 0 Å². The van der Waals surface area contributed by atoms with Crippen LogP contribution in [-0.4, -0.2) is 18.1 Å². The summed E-state index contributed by atoms with van der Waals surface area (Å²) in [6.45, 7) is 5.79. The van der Waals surface area contributed by atoms with E-state index in [4.69, 9.17) is 16.3 Å². The summed E-state index contributed by atoms with van der Waals surface area (Å²) in [4.78, 5) is 11.8. The fourth-order valence-electron chi connectivity index (χ4n) is 1.96. The van der Waals surface area contributed by atoms with Crippen LogP contribution in [0.1, 0.15) is 20.8 Å². The van der Waals surface area contributed by atoms with Crippen molar-refractivity contribution in [1.82, 2.24) is 5.32 Å². The molecule has 106 valence electrons. The zero-order chi connectivity index (χ0) is 14.8. The summed E-state index contributed by atoms with van der Waals surface area (Å²) in [7, 11) is 0. The van der Waals surface area contributed by atoms with E-state index in [1.807, 2.05) is 45.0 Å². The van der Waals surface area contributed by atoms with Gasteiger partial charge in [0.15, 0.2) is 6.61 Å². The Bertz CT molecular complexity index is 632. The molecule has 4 heteroatoms. The second kappa shape index (κ2) is 5.71. The summed E-state index contributed by atoms with van der Waals surface area (Å²) in [6.07, 6.45) is 0. The molecular weight excluding hydrogens is 274 g/mol. The molecule has 3 nitrogen and oxygen atoms in total. The van der Waals surface area contributed by atoms with Gasteiger partial charge >= 0.3 is 0 Å². The van der Waals surface area contributed by atoms with Crippen molar-refractivity contribution in [2.75, 3.05) is 6.61 Å². The number of ether oxygens (including phenoxy) is 1. The molecular formula is C16H18ClNO2. The molecule has 0 aliphatic heterocycles. The van der Waals surface area contributed by atoms with Gasteiger partial charge in [-0.25, -0.2) is 0 Å². The fourth-order valence-corrected chi connectivity index (χ4v) is 2.19. The Hall–Kier alpha value is -1.74. The maximum atomic E-state index is 11.8. The monoisotopic (exact) mass is 291 g/mol. The summed E-state index contributed by atoms with van der Waals surface area (Å²) in [5.41, 5.74) is -0.261. The zero-order valence-corrected chi connectivity index (χ0v) is 12.6. The quantitative estimate of drug-likeness (QED) is 0.934. The van der Waals surface area contributed by atoms with Crippen molar-refractivity contribution in [2.24, 2.45) is 0 Å². The smallest absolute Gasteiger partial charge is 0.258 e. The van der Waals surface area contributed by atoms with E-state index in [1.165, 1.54) is 0 Å². The molecule has 0 aromatic heterocycles. The number of carbonyl (C=O) groups excluding carboxylic acids is 1. The minimum absolute atomic E-state index is 0.0110.